The predicted molar refractivity (Wildman–Crippen MR) is 40.7 cm³/mol. The molecule has 0 saturated carbocycles. The third-order valence-electron chi connectivity index (χ3n) is 2.10. The molecule has 1 heterocycles. The molecule has 0 aromatic rings. The van der Waals surface area contributed by atoms with Crippen molar-refractivity contribution in [3.05, 3.63) is 0 Å². The molecule has 10 heavy (non-hydrogen) atoms. The first-order valence-corrected chi connectivity index (χ1v) is 3.82. The summed E-state index contributed by atoms with van der Waals surface area (Å²) in [7, 11) is 2.07. The van der Waals surface area contributed by atoms with Gasteiger partial charge in [-0.05, 0) is 19.9 Å². The molecule has 1 saturated heterocycles. The maximum Gasteiger partial charge on any atom is 0.0480 e. The molecule has 0 amide bonds. The predicted octanol–water partition coefficient (Wildman–Crippen LogP) is 0.0134. The van der Waals surface area contributed by atoms with E-state index in [4.69, 9.17) is 10.5 Å². The van der Waals surface area contributed by atoms with E-state index in [2.05, 4.69) is 11.9 Å². The first-order valence-electron chi connectivity index (χ1n) is 3.82. The van der Waals surface area contributed by atoms with E-state index in [1.807, 2.05) is 0 Å². The first kappa shape index (κ1) is 7.98. The molecule has 0 unspecified atom stereocenters. The van der Waals surface area contributed by atoms with E-state index in [0.29, 0.717) is 12.7 Å². The van der Waals surface area contributed by atoms with Crippen LogP contribution in [0.4, 0.5) is 0 Å². The molecule has 3 heteroatoms. The molecule has 3 nitrogen and oxygen atoms in total. The molecule has 0 bridgehead atoms. The van der Waals surface area contributed by atoms with Crippen LogP contribution in [-0.2, 0) is 4.74 Å². The highest BCUT2D eigenvalue weighted by atomic mass is 16.5. The summed E-state index contributed by atoms with van der Waals surface area (Å²) in [6, 6.07) is 0.652. The molecule has 60 valence electrons. The summed E-state index contributed by atoms with van der Waals surface area (Å²) in [4.78, 5) is 2.18. The molecule has 0 radical (unpaired) electrons. The van der Waals surface area contributed by atoms with Gasteiger partial charge in [-0.1, -0.05) is 0 Å². The third kappa shape index (κ3) is 1.94. The van der Waals surface area contributed by atoms with Crippen molar-refractivity contribution in [1.29, 1.82) is 0 Å². The highest BCUT2D eigenvalue weighted by Gasteiger charge is 2.16. The summed E-state index contributed by atoms with van der Waals surface area (Å²) in [6.07, 6.45) is 2.27. The molecule has 1 aliphatic heterocycles. The number of nitrogens with zero attached hydrogens (tertiary/aromatic N) is 1. The van der Waals surface area contributed by atoms with Crippen molar-refractivity contribution in [3.63, 3.8) is 0 Å². The molecule has 0 aromatic heterocycles. The smallest absolute Gasteiger partial charge is 0.0480 e. The average Bonchev–Trinajstić information content (AvgIpc) is 2.05. The molecular formula is C7H16N2O. The van der Waals surface area contributed by atoms with Gasteiger partial charge in [-0.3, -0.25) is 4.90 Å². The van der Waals surface area contributed by atoms with Crippen LogP contribution >= 0.6 is 0 Å². The van der Waals surface area contributed by atoms with Crippen molar-refractivity contribution in [2.45, 2.75) is 18.9 Å². The fraction of sp³-hybridized carbons (Fsp3) is 1.00. The minimum Gasteiger partial charge on any atom is -0.381 e. The van der Waals surface area contributed by atoms with E-state index in [1.54, 1.807) is 0 Å². The van der Waals surface area contributed by atoms with Gasteiger partial charge in [0.1, 0.15) is 0 Å². The van der Waals surface area contributed by atoms with Gasteiger partial charge in [-0.15, -0.1) is 0 Å². The van der Waals surface area contributed by atoms with Crippen LogP contribution in [0.25, 0.3) is 0 Å². The van der Waals surface area contributed by atoms with Crippen LogP contribution in [0.2, 0.25) is 0 Å². The van der Waals surface area contributed by atoms with Crippen molar-refractivity contribution in [3.8, 4) is 0 Å². The van der Waals surface area contributed by atoms with Crippen molar-refractivity contribution < 1.29 is 4.74 Å². The Labute approximate surface area is 62.1 Å². The molecule has 1 aliphatic rings. The Bertz CT molecular complexity index is 91.6. The Hall–Kier alpha value is -0.120. The normalized spacial score (nSPS) is 21.9. The summed E-state index contributed by atoms with van der Waals surface area (Å²) >= 11 is 0. The maximum atomic E-state index is 5.49. The van der Waals surface area contributed by atoms with Gasteiger partial charge in [0, 0.05) is 25.9 Å². The van der Waals surface area contributed by atoms with E-state index < -0.39 is 0 Å². The van der Waals surface area contributed by atoms with Gasteiger partial charge in [-0.2, -0.15) is 0 Å². The van der Waals surface area contributed by atoms with Crippen molar-refractivity contribution in [1.82, 2.24) is 4.90 Å². The Balaban J connectivity index is 2.24. The van der Waals surface area contributed by atoms with E-state index >= 15 is 0 Å². The minimum atomic E-state index is 0.652. The Morgan fingerprint density at radius 1 is 1.50 bits per heavy atom. The van der Waals surface area contributed by atoms with Gasteiger partial charge in [0.15, 0.2) is 0 Å². The van der Waals surface area contributed by atoms with Crippen LogP contribution in [-0.4, -0.2) is 37.9 Å². The molecule has 0 spiro atoms. The quantitative estimate of drug-likeness (QED) is 0.555. The lowest BCUT2D eigenvalue weighted by Crippen LogP contribution is -2.39. The zero-order valence-corrected chi connectivity index (χ0v) is 6.55. The van der Waals surface area contributed by atoms with Crippen molar-refractivity contribution in [2.75, 3.05) is 26.9 Å². The fourth-order valence-electron chi connectivity index (χ4n) is 1.27. The maximum absolute atomic E-state index is 5.49. The Morgan fingerprint density at radius 2 is 2.10 bits per heavy atom. The zero-order valence-electron chi connectivity index (χ0n) is 6.55. The van der Waals surface area contributed by atoms with Crippen molar-refractivity contribution >= 4 is 0 Å². The number of ether oxygens (including phenoxy) is 1. The van der Waals surface area contributed by atoms with Gasteiger partial charge >= 0.3 is 0 Å². The second-order valence-corrected chi connectivity index (χ2v) is 2.78. The standard InChI is InChI=1S/C7H16N2O/c1-9(6-8)7-2-4-10-5-3-7/h7H,2-6,8H2,1H3. The topological polar surface area (TPSA) is 38.5 Å². The van der Waals surface area contributed by atoms with Crippen LogP contribution in [0.15, 0.2) is 0 Å². The summed E-state index contributed by atoms with van der Waals surface area (Å²) in [5.41, 5.74) is 5.49. The monoisotopic (exact) mass is 144 g/mol. The van der Waals surface area contributed by atoms with E-state index in [9.17, 15) is 0 Å². The van der Waals surface area contributed by atoms with Gasteiger partial charge in [0.2, 0.25) is 0 Å². The highest BCUT2D eigenvalue weighted by molar-refractivity contribution is 4.70. The van der Waals surface area contributed by atoms with Gasteiger partial charge in [0.25, 0.3) is 0 Å². The first-order chi connectivity index (χ1) is 4.84. The molecule has 0 aliphatic carbocycles. The summed E-state index contributed by atoms with van der Waals surface area (Å²) in [5, 5.41) is 0. The van der Waals surface area contributed by atoms with Gasteiger partial charge in [-0.25, -0.2) is 0 Å². The lowest BCUT2D eigenvalue weighted by molar-refractivity contribution is 0.0439. The SMILES string of the molecule is CN(CN)C1CCOCC1. The number of nitrogens with two attached hydrogens (primary N) is 1. The highest BCUT2D eigenvalue weighted by Crippen LogP contribution is 2.10. The zero-order chi connectivity index (χ0) is 7.40. The Kier molecular flexibility index (Phi) is 3.12. The fourth-order valence-corrected chi connectivity index (χ4v) is 1.27. The van der Waals surface area contributed by atoms with Crippen molar-refractivity contribution in [2.24, 2.45) is 5.73 Å². The molecular weight excluding hydrogens is 128 g/mol. The lowest BCUT2D eigenvalue weighted by Gasteiger charge is -2.29. The average molecular weight is 144 g/mol. The number of hydrogen-bond donors (Lipinski definition) is 1. The van der Waals surface area contributed by atoms with Crippen LogP contribution in [0.5, 0.6) is 0 Å². The van der Waals surface area contributed by atoms with Gasteiger partial charge < -0.3 is 10.5 Å². The lowest BCUT2D eigenvalue weighted by atomic mass is 10.1. The van der Waals surface area contributed by atoms with Crippen LogP contribution in [0.3, 0.4) is 0 Å². The van der Waals surface area contributed by atoms with E-state index in [0.717, 1.165) is 26.1 Å². The largest absolute Gasteiger partial charge is 0.381 e. The second-order valence-electron chi connectivity index (χ2n) is 2.78. The summed E-state index contributed by atoms with van der Waals surface area (Å²) in [5.74, 6) is 0. The number of hydrogen-bond acceptors (Lipinski definition) is 3. The second kappa shape index (κ2) is 3.91. The molecule has 1 fully saturated rings. The third-order valence-corrected chi connectivity index (χ3v) is 2.10. The summed E-state index contributed by atoms with van der Waals surface area (Å²) in [6.45, 7) is 2.45. The molecule has 0 aromatic carbocycles. The number of rotatable bonds is 2. The molecule has 1 rings (SSSR count). The van der Waals surface area contributed by atoms with Crippen LogP contribution in [0, 0.1) is 0 Å². The van der Waals surface area contributed by atoms with Gasteiger partial charge in [0.05, 0.1) is 0 Å². The van der Waals surface area contributed by atoms with E-state index in [-0.39, 0.29) is 0 Å². The van der Waals surface area contributed by atoms with Crippen LogP contribution < -0.4 is 5.73 Å². The molecule has 2 N–H and O–H groups in total. The van der Waals surface area contributed by atoms with Crippen LogP contribution in [0.1, 0.15) is 12.8 Å². The van der Waals surface area contributed by atoms with E-state index in [1.165, 1.54) is 0 Å². The Morgan fingerprint density at radius 3 is 2.60 bits per heavy atom. The molecule has 0 atom stereocenters. The summed E-state index contributed by atoms with van der Waals surface area (Å²) < 4.78 is 5.23. The minimum absolute atomic E-state index is 0.652.